The Kier molecular flexibility index (Phi) is 10.4. The molecule has 12 nitrogen and oxygen atoms in total. The second kappa shape index (κ2) is 15.3. The SMILES string of the molecule is CN(CC1CCC(c2nc3cc(F)c(NC(=O)c4cccc(C(F)(F)F)n4)cc3s2)CC1)C1CCN(c2cccc3c2n(C)c(=O)n3C2CCC(=O)NC2=O)CC1. The maximum Gasteiger partial charge on any atom is 0.433 e. The van der Waals surface area contributed by atoms with Gasteiger partial charge in [0.1, 0.15) is 23.2 Å². The lowest BCUT2D eigenvalue weighted by atomic mass is 9.82. The Hall–Kier alpha value is -5.16. The van der Waals surface area contributed by atoms with E-state index >= 15 is 4.39 Å². The first-order chi connectivity index (χ1) is 27.2. The van der Waals surface area contributed by atoms with Crippen LogP contribution in [-0.4, -0.2) is 74.4 Å². The van der Waals surface area contributed by atoms with E-state index in [1.165, 1.54) is 28.0 Å². The topological polar surface area (TPSA) is 134 Å². The Balaban J connectivity index is 0.857. The van der Waals surface area contributed by atoms with E-state index in [1.54, 1.807) is 11.6 Å². The maximum atomic E-state index is 15.0. The van der Waals surface area contributed by atoms with Crippen LogP contribution in [0.15, 0.2) is 53.3 Å². The number of imidazole rings is 1. The molecule has 5 heterocycles. The average molecular weight is 807 g/mol. The predicted molar refractivity (Wildman–Crippen MR) is 208 cm³/mol. The number of carbonyl (C=O) groups excluding carboxylic acids is 3. The smallest absolute Gasteiger partial charge is 0.370 e. The fourth-order valence-electron chi connectivity index (χ4n) is 8.74. The molecule has 3 aliphatic rings. The molecule has 57 heavy (non-hydrogen) atoms. The van der Waals surface area contributed by atoms with Crippen molar-refractivity contribution in [3.05, 3.63) is 81.2 Å². The molecule has 3 amide bonds. The summed E-state index contributed by atoms with van der Waals surface area (Å²) in [6.45, 7) is 2.62. The Labute approximate surface area is 328 Å². The molecule has 0 bridgehead atoms. The number of pyridine rings is 1. The van der Waals surface area contributed by atoms with Gasteiger partial charge in [0, 0.05) is 51.1 Å². The molecular weight excluding hydrogens is 765 g/mol. The molecule has 2 N–H and O–H groups in total. The largest absolute Gasteiger partial charge is 0.433 e. The number of piperidine rings is 2. The summed E-state index contributed by atoms with van der Waals surface area (Å²) in [5, 5.41) is 5.65. The van der Waals surface area contributed by atoms with Gasteiger partial charge in [0.2, 0.25) is 11.8 Å². The van der Waals surface area contributed by atoms with Crippen molar-refractivity contribution in [3.8, 4) is 0 Å². The van der Waals surface area contributed by atoms with Crippen molar-refractivity contribution in [2.24, 2.45) is 13.0 Å². The van der Waals surface area contributed by atoms with Gasteiger partial charge in [0.05, 0.1) is 37.6 Å². The lowest BCUT2D eigenvalue weighted by Crippen LogP contribution is -2.45. The molecule has 5 aromatic rings. The predicted octanol–water partition coefficient (Wildman–Crippen LogP) is 6.61. The van der Waals surface area contributed by atoms with Gasteiger partial charge in [-0.05, 0) is 88.2 Å². The fraction of sp³-hybridized carbons (Fsp3) is 0.450. The monoisotopic (exact) mass is 806 g/mol. The van der Waals surface area contributed by atoms with Gasteiger partial charge in [-0.15, -0.1) is 11.3 Å². The standard InChI is InChI=1S/C40H42F4N8O4S/c1-49(24-15-17-51(18-16-24)29-6-4-7-30-35(29)50(2)39(56)52(30)31-13-14-34(53)48-37(31)55)21-22-9-11-23(12-10-22)38-47-28-19-25(41)27(20-32(28)57-38)46-36(54)26-5-3-8-33(45-26)40(42,43)44/h3-8,19-20,22-24,31H,9-18,21H2,1-2H3,(H,46,54)(H,48,53,55). The number of benzene rings is 2. The Morgan fingerprint density at radius 2 is 1.72 bits per heavy atom. The van der Waals surface area contributed by atoms with E-state index < -0.39 is 41.2 Å². The van der Waals surface area contributed by atoms with Gasteiger partial charge < -0.3 is 15.1 Å². The number of nitrogens with zero attached hydrogens (tertiary/aromatic N) is 6. The van der Waals surface area contributed by atoms with Gasteiger partial charge in [0.25, 0.3) is 5.91 Å². The van der Waals surface area contributed by atoms with Crippen LogP contribution in [0.25, 0.3) is 21.3 Å². The second-order valence-corrected chi connectivity index (χ2v) is 16.5. The minimum Gasteiger partial charge on any atom is -0.370 e. The number of rotatable bonds is 8. The van der Waals surface area contributed by atoms with Crippen molar-refractivity contribution in [1.82, 2.24) is 29.3 Å². The molecule has 300 valence electrons. The van der Waals surface area contributed by atoms with Crippen LogP contribution in [0.5, 0.6) is 0 Å². The number of halogens is 4. The van der Waals surface area contributed by atoms with E-state index in [0.717, 1.165) is 92.6 Å². The van der Waals surface area contributed by atoms with E-state index in [4.69, 9.17) is 4.98 Å². The number of para-hydroxylation sites is 1. The number of imide groups is 1. The van der Waals surface area contributed by atoms with Crippen molar-refractivity contribution in [1.29, 1.82) is 0 Å². The lowest BCUT2D eigenvalue weighted by molar-refractivity contribution is -0.141. The van der Waals surface area contributed by atoms with Crippen molar-refractivity contribution >= 4 is 61.7 Å². The van der Waals surface area contributed by atoms with Crippen molar-refractivity contribution in [3.63, 3.8) is 0 Å². The quantitative estimate of drug-likeness (QED) is 0.132. The van der Waals surface area contributed by atoms with Crippen LogP contribution < -0.4 is 21.2 Å². The van der Waals surface area contributed by atoms with Gasteiger partial charge in [-0.25, -0.2) is 19.2 Å². The van der Waals surface area contributed by atoms with Crippen LogP contribution in [0.3, 0.4) is 0 Å². The molecule has 1 aliphatic carbocycles. The number of alkyl halides is 3. The summed E-state index contributed by atoms with van der Waals surface area (Å²) in [7, 11) is 3.92. The summed E-state index contributed by atoms with van der Waals surface area (Å²) in [6.07, 6.45) is 1.66. The van der Waals surface area contributed by atoms with Crippen LogP contribution >= 0.6 is 11.3 Å². The molecule has 3 fully saturated rings. The highest BCUT2D eigenvalue weighted by Crippen LogP contribution is 2.41. The van der Waals surface area contributed by atoms with Gasteiger partial charge in [-0.2, -0.15) is 13.2 Å². The number of aromatic nitrogens is 4. The summed E-state index contributed by atoms with van der Waals surface area (Å²) >= 11 is 1.44. The van der Waals surface area contributed by atoms with Crippen LogP contribution in [0.2, 0.25) is 0 Å². The maximum absolute atomic E-state index is 15.0. The zero-order valence-electron chi connectivity index (χ0n) is 31.4. The molecule has 2 aliphatic heterocycles. The van der Waals surface area contributed by atoms with Crippen molar-refractivity contribution < 1.29 is 31.9 Å². The third-order valence-electron chi connectivity index (χ3n) is 11.8. The van der Waals surface area contributed by atoms with Crippen LogP contribution in [0, 0.1) is 11.7 Å². The minimum absolute atomic E-state index is 0.147. The summed E-state index contributed by atoms with van der Waals surface area (Å²) in [4.78, 5) is 63.5. The molecule has 17 heteroatoms. The molecule has 2 aromatic carbocycles. The third kappa shape index (κ3) is 7.66. The van der Waals surface area contributed by atoms with Crippen molar-refractivity contribution in [2.45, 2.75) is 75.5 Å². The molecule has 0 radical (unpaired) electrons. The number of thiazole rings is 1. The van der Waals surface area contributed by atoms with E-state index in [-0.39, 0.29) is 36.0 Å². The first kappa shape index (κ1) is 38.7. The zero-order valence-corrected chi connectivity index (χ0v) is 32.3. The number of aryl methyl sites for hydroxylation is 1. The average Bonchev–Trinajstić information content (AvgIpc) is 3.72. The van der Waals surface area contributed by atoms with E-state index in [1.807, 2.05) is 18.2 Å². The number of nitrogens with one attached hydrogen (secondary N) is 2. The number of carbonyl (C=O) groups is 3. The van der Waals surface area contributed by atoms with Crippen molar-refractivity contribution in [2.75, 3.05) is 36.9 Å². The van der Waals surface area contributed by atoms with E-state index in [0.29, 0.717) is 27.7 Å². The first-order valence-electron chi connectivity index (χ1n) is 19.2. The second-order valence-electron chi connectivity index (χ2n) is 15.4. The van der Waals surface area contributed by atoms with Gasteiger partial charge in [0.15, 0.2) is 0 Å². The van der Waals surface area contributed by atoms with Gasteiger partial charge in [-0.1, -0.05) is 12.1 Å². The fourth-order valence-corrected chi connectivity index (χ4v) is 9.90. The molecule has 2 saturated heterocycles. The van der Waals surface area contributed by atoms with E-state index in [2.05, 4.69) is 32.5 Å². The number of anilines is 2. The highest BCUT2D eigenvalue weighted by atomic mass is 32.1. The highest BCUT2D eigenvalue weighted by Gasteiger charge is 2.35. The first-order valence-corrected chi connectivity index (χ1v) is 20.0. The van der Waals surface area contributed by atoms with Gasteiger partial charge >= 0.3 is 11.9 Å². The van der Waals surface area contributed by atoms with Gasteiger partial charge in [-0.3, -0.25) is 28.8 Å². The zero-order chi connectivity index (χ0) is 40.2. The van der Waals surface area contributed by atoms with E-state index in [9.17, 15) is 32.3 Å². The molecule has 1 unspecified atom stereocenters. The van der Waals surface area contributed by atoms with Crippen LogP contribution in [-0.2, 0) is 22.8 Å². The molecular formula is C40H42F4N8O4S. The molecule has 8 rings (SSSR count). The summed E-state index contributed by atoms with van der Waals surface area (Å²) in [5.41, 5.74) is 0.810. The Bertz CT molecular complexity index is 2430. The number of hydrogen-bond acceptors (Lipinski definition) is 9. The Morgan fingerprint density at radius 1 is 0.982 bits per heavy atom. The Morgan fingerprint density at radius 3 is 2.44 bits per heavy atom. The normalized spacial score (nSPS) is 21.1. The number of fused-ring (bicyclic) bond motifs is 2. The van der Waals surface area contributed by atoms with Crippen LogP contribution in [0.4, 0.5) is 28.9 Å². The lowest BCUT2D eigenvalue weighted by Gasteiger charge is -2.40. The number of amides is 3. The molecule has 0 spiro atoms. The molecule has 3 aromatic heterocycles. The third-order valence-corrected chi connectivity index (χ3v) is 13.0. The summed E-state index contributed by atoms with van der Waals surface area (Å²) < 4.78 is 58.1. The minimum atomic E-state index is -4.71. The molecule has 1 saturated carbocycles. The summed E-state index contributed by atoms with van der Waals surface area (Å²) in [6, 6.07) is 11.2. The number of hydrogen-bond donors (Lipinski definition) is 2. The highest BCUT2D eigenvalue weighted by molar-refractivity contribution is 7.18. The molecule has 1 atom stereocenters. The van der Waals surface area contributed by atoms with Crippen LogP contribution in [0.1, 0.15) is 84.5 Å². The summed E-state index contributed by atoms with van der Waals surface area (Å²) in [5.74, 6) is -1.69.